The molecule has 1 saturated heterocycles. The maximum Gasteiger partial charge on any atom is 0.161 e. The molecule has 2 N–H and O–H groups in total. The number of aliphatic hydroxyl groups excluding tert-OH is 1. The van der Waals surface area contributed by atoms with Gasteiger partial charge in [0.1, 0.15) is 13.2 Å². The Labute approximate surface area is 143 Å². The van der Waals surface area contributed by atoms with Gasteiger partial charge >= 0.3 is 0 Å². The van der Waals surface area contributed by atoms with E-state index in [0.717, 1.165) is 43.9 Å². The van der Waals surface area contributed by atoms with Gasteiger partial charge in [0.25, 0.3) is 0 Å². The van der Waals surface area contributed by atoms with Crippen molar-refractivity contribution in [2.24, 2.45) is 0 Å². The SMILES string of the molecule is OC(CNCCc1ccc2c(c1)OCCO2)COCC1CCCO1. The van der Waals surface area contributed by atoms with Crippen LogP contribution in [-0.4, -0.2) is 63.4 Å². The van der Waals surface area contributed by atoms with E-state index in [2.05, 4.69) is 11.4 Å². The number of hydrogen-bond acceptors (Lipinski definition) is 6. The number of ether oxygens (including phenoxy) is 4. The number of nitrogens with one attached hydrogen (secondary N) is 1. The Balaban J connectivity index is 1.27. The van der Waals surface area contributed by atoms with Gasteiger partial charge in [0.15, 0.2) is 11.5 Å². The first-order chi connectivity index (χ1) is 11.8. The van der Waals surface area contributed by atoms with Crippen LogP contribution in [0.15, 0.2) is 18.2 Å². The Hall–Kier alpha value is -1.34. The van der Waals surface area contributed by atoms with Gasteiger partial charge in [0.2, 0.25) is 0 Å². The first kappa shape index (κ1) is 17.5. The first-order valence-corrected chi connectivity index (χ1v) is 8.78. The van der Waals surface area contributed by atoms with E-state index < -0.39 is 6.10 Å². The van der Waals surface area contributed by atoms with E-state index >= 15 is 0 Å². The van der Waals surface area contributed by atoms with Crippen molar-refractivity contribution < 1.29 is 24.1 Å². The third-order valence-electron chi connectivity index (χ3n) is 4.21. The van der Waals surface area contributed by atoms with Crippen LogP contribution >= 0.6 is 0 Å². The summed E-state index contributed by atoms with van der Waals surface area (Å²) < 4.78 is 22.1. The van der Waals surface area contributed by atoms with Crippen LogP contribution in [0.3, 0.4) is 0 Å². The van der Waals surface area contributed by atoms with Crippen LogP contribution in [0, 0.1) is 0 Å². The van der Waals surface area contributed by atoms with Crippen LogP contribution in [0.2, 0.25) is 0 Å². The standard InChI is InChI=1S/C18H27NO5/c20-15(12-21-13-16-2-1-7-22-16)11-19-6-5-14-3-4-17-18(10-14)24-9-8-23-17/h3-4,10,15-16,19-20H,1-2,5-9,11-13H2. The van der Waals surface area contributed by atoms with Crippen molar-refractivity contribution in [3.8, 4) is 11.5 Å². The second kappa shape index (κ2) is 9.22. The highest BCUT2D eigenvalue weighted by atomic mass is 16.6. The van der Waals surface area contributed by atoms with E-state index in [-0.39, 0.29) is 6.10 Å². The average Bonchev–Trinajstić information content (AvgIpc) is 3.12. The molecular weight excluding hydrogens is 310 g/mol. The van der Waals surface area contributed by atoms with Crippen molar-refractivity contribution in [2.75, 3.05) is 46.1 Å². The van der Waals surface area contributed by atoms with E-state index in [9.17, 15) is 5.11 Å². The summed E-state index contributed by atoms with van der Waals surface area (Å²) in [4.78, 5) is 0. The van der Waals surface area contributed by atoms with Crippen molar-refractivity contribution in [3.63, 3.8) is 0 Å². The van der Waals surface area contributed by atoms with Crippen molar-refractivity contribution in [3.05, 3.63) is 23.8 Å². The van der Waals surface area contributed by atoms with Crippen molar-refractivity contribution in [1.29, 1.82) is 0 Å². The lowest BCUT2D eigenvalue weighted by molar-refractivity contribution is -0.0163. The molecule has 0 saturated carbocycles. The van der Waals surface area contributed by atoms with Gasteiger partial charge in [-0.05, 0) is 43.5 Å². The van der Waals surface area contributed by atoms with Gasteiger partial charge in [-0.1, -0.05) is 6.07 Å². The molecule has 0 aliphatic carbocycles. The van der Waals surface area contributed by atoms with Crippen LogP contribution in [0.25, 0.3) is 0 Å². The largest absolute Gasteiger partial charge is 0.486 e. The molecule has 1 aromatic carbocycles. The number of hydrogen-bond donors (Lipinski definition) is 2. The van der Waals surface area contributed by atoms with Crippen LogP contribution in [0.1, 0.15) is 18.4 Å². The van der Waals surface area contributed by atoms with E-state index in [0.29, 0.717) is 33.0 Å². The predicted octanol–water partition coefficient (Wildman–Crippen LogP) is 1.15. The minimum Gasteiger partial charge on any atom is -0.486 e. The lowest BCUT2D eigenvalue weighted by Gasteiger charge is -2.19. The summed E-state index contributed by atoms with van der Waals surface area (Å²) in [6, 6.07) is 6.03. The molecule has 134 valence electrons. The monoisotopic (exact) mass is 337 g/mol. The third-order valence-corrected chi connectivity index (χ3v) is 4.21. The topological polar surface area (TPSA) is 69.2 Å². The Morgan fingerprint density at radius 2 is 2.08 bits per heavy atom. The number of rotatable bonds is 9. The van der Waals surface area contributed by atoms with Gasteiger partial charge in [-0.25, -0.2) is 0 Å². The van der Waals surface area contributed by atoms with E-state index in [1.807, 2.05) is 12.1 Å². The Bertz CT molecular complexity index is 504. The molecule has 0 radical (unpaired) electrons. The number of benzene rings is 1. The highest BCUT2D eigenvalue weighted by Gasteiger charge is 2.16. The van der Waals surface area contributed by atoms with E-state index in [1.54, 1.807) is 0 Å². The fourth-order valence-electron chi connectivity index (χ4n) is 2.91. The molecule has 24 heavy (non-hydrogen) atoms. The molecule has 1 aromatic rings. The van der Waals surface area contributed by atoms with Gasteiger partial charge in [-0.15, -0.1) is 0 Å². The first-order valence-electron chi connectivity index (χ1n) is 8.78. The Morgan fingerprint density at radius 3 is 2.92 bits per heavy atom. The Kier molecular flexibility index (Phi) is 6.72. The zero-order valence-corrected chi connectivity index (χ0v) is 14.0. The summed E-state index contributed by atoms with van der Waals surface area (Å²) >= 11 is 0. The maximum absolute atomic E-state index is 9.91. The highest BCUT2D eigenvalue weighted by molar-refractivity contribution is 5.43. The smallest absolute Gasteiger partial charge is 0.161 e. The molecule has 2 heterocycles. The zero-order valence-electron chi connectivity index (χ0n) is 14.0. The van der Waals surface area contributed by atoms with Gasteiger partial charge in [0, 0.05) is 13.2 Å². The predicted molar refractivity (Wildman–Crippen MR) is 89.8 cm³/mol. The molecule has 1 fully saturated rings. The molecule has 2 aliphatic heterocycles. The molecule has 0 aromatic heterocycles. The summed E-state index contributed by atoms with van der Waals surface area (Å²) in [6.07, 6.45) is 2.76. The fraction of sp³-hybridized carbons (Fsp3) is 0.667. The van der Waals surface area contributed by atoms with Crippen molar-refractivity contribution in [2.45, 2.75) is 31.5 Å². The van der Waals surface area contributed by atoms with Gasteiger partial charge in [-0.3, -0.25) is 0 Å². The molecule has 0 spiro atoms. The number of aliphatic hydroxyl groups is 1. The molecule has 2 atom stereocenters. The van der Waals surface area contributed by atoms with Gasteiger partial charge in [0.05, 0.1) is 25.4 Å². The second-order valence-electron chi connectivity index (χ2n) is 6.26. The minimum absolute atomic E-state index is 0.209. The minimum atomic E-state index is -0.494. The summed E-state index contributed by atoms with van der Waals surface area (Å²) in [5.41, 5.74) is 1.19. The van der Waals surface area contributed by atoms with E-state index in [4.69, 9.17) is 18.9 Å². The fourth-order valence-corrected chi connectivity index (χ4v) is 2.91. The van der Waals surface area contributed by atoms with Crippen LogP contribution in [-0.2, 0) is 15.9 Å². The van der Waals surface area contributed by atoms with Crippen LogP contribution in [0.4, 0.5) is 0 Å². The van der Waals surface area contributed by atoms with Gasteiger partial charge in [-0.2, -0.15) is 0 Å². The van der Waals surface area contributed by atoms with Crippen LogP contribution in [0.5, 0.6) is 11.5 Å². The van der Waals surface area contributed by atoms with E-state index in [1.165, 1.54) is 5.56 Å². The average molecular weight is 337 g/mol. The summed E-state index contributed by atoms with van der Waals surface area (Å²) in [7, 11) is 0. The maximum atomic E-state index is 9.91. The summed E-state index contributed by atoms with van der Waals surface area (Å²) in [6.45, 7) is 4.29. The summed E-state index contributed by atoms with van der Waals surface area (Å²) in [5.74, 6) is 1.64. The lowest BCUT2D eigenvalue weighted by atomic mass is 10.1. The lowest BCUT2D eigenvalue weighted by Crippen LogP contribution is -2.32. The van der Waals surface area contributed by atoms with Crippen molar-refractivity contribution in [1.82, 2.24) is 5.32 Å². The number of fused-ring (bicyclic) bond motifs is 1. The molecule has 2 aliphatic rings. The Morgan fingerprint density at radius 1 is 1.21 bits per heavy atom. The zero-order chi connectivity index (χ0) is 16.6. The second-order valence-corrected chi connectivity index (χ2v) is 6.26. The molecule has 6 nitrogen and oxygen atoms in total. The highest BCUT2D eigenvalue weighted by Crippen LogP contribution is 2.30. The van der Waals surface area contributed by atoms with Gasteiger partial charge < -0.3 is 29.4 Å². The van der Waals surface area contributed by atoms with Crippen LogP contribution < -0.4 is 14.8 Å². The third kappa shape index (κ3) is 5.34. The molecule has 6 heteroatoms. The molecule has 2 unspecified atom stereocenters. The molecule has 0 amide bonds. The molecule has 3 rings (SSSR count). The molecule has 0 bridgehead atoms. The summed E-state index contributed by atoms with van der Waals surface area (Å²) in [5, 5.41) is 13.2. The van der Waals surface area contributed by atoms with Crippen molar-refractivity contribution >= 4 is 0 Å². The normalized spacial score (nSPS) is 21.0. The quantitative estimate of drug-likeness (QED) is 0.659. The molecular formula is C18H27NO5.